The van der Waals surface area contributed by atoms with Crippen LogP contribution in [0.3, 0.4) is 0 Å². The third-order valence-electron chi connectivity index (χ3n) is 1.51. The molecule has 0 aromatic carbocycles. The van der Waals surface area contributed by atoms with Crippen molar-refractivity contribution in [2.24, 2.45) is 0 Å². The Kier molecular flexibility index (Phi) is 6.82. The molecule has 0 aromatic rings. The standard InChI is InChI=1S/C4H14O11P4/c5-16(6,7)2-1-3-18(11,12)15-19(13,14)4-17(8,9)10/h1-4H2,(H,11,12)(H,13,14)(H2,5,6,7)(H2,8,9,10). The summed E-state index contributed by atoms with van der Waals surface area (Å²) in [6.07, 6.45) is -2.02. The van der Waals surface area contributed by atoms with Gasteiger partial charge in [0.25, 0.3) is 0 Å². The van der Waals surface area contributed by atoms with Crippen molar-refractivity contribution in [2.75, 3.05) is 18.2 Å². The van der Waals surface area contributed by atoms with E-state index < -0.39 is 55.0 Å². The van der Waals surface area contributed by atoms with Crippen LogP contribution in [-0.2, 0) is 22.6 Å². The first-order valence-corrected chi connectivity index (χ1v) is 11.7. The molecule has 116 valence electrons. The molecular weight excluding hydrogens is 348 g/mol. The molecule has 15 heteroatoms. The first-order chi connectivity index (χ1) is 8.12. The molecular formula is C4H14O11P4. The van der Waals surface area contributed by atoms with E-state index in [9.17, 15) is 18.3 Å². The van der Waals surface area contributed by atoms with Gasteiger partial charge in [0.1, 0.15) is 0 Å². The fourth-order valence-corrected chi connectivity index (χ4v) is 6.81. The molecule has 0 aliphatic heterocycles. The van der Waals surface area contributed by atoms with Gasteiger partial charge in [-0.15, -0.1) is 0 Å². The van der Waals surface area contributed by atoms with E-state index in [0.717, 1.165) is 0 Å². The summed E-state index contributed by atoms with van der Waals surface area (Å²) in [7, 11) is -19.0. The lowest BCUT2D eigenvalue weighted by molar-refractivity contribution is 0.329. The van der Waals surface area contributed by atoms with Crippen LogP contribution in [0.15, 0.2) is 0 Å². The van der Waals surface area contributed by atoms with Crippen molar-refractivity contribution in [3.8, 4) is 0 Å². The topological polar surface area (TPSA) is 199 Å². The molecule has 0 spiro atoms. The second-order valence-corrected chi connectivity index (χ2v) is 11.5. The average Bonchev–Trinajstić information content (AvgIpc) is 1.90. The molecule has 6 N–H and O–H groups in total. The van der Waals surface area contributed by atoms with E-state index in [1.54, 1.807) is 0 Å². The van der Waals surface area contributed by atoms with Gasteiger partial charge in [0.15, 0.2) is 5.90 Å². The molecule has 0 rings (SSSR count). The molecule has 2 unspecified atom stereocenters. The van der Waals surface area contributed by atoms with Crippen LogP contribution >= 0.6 is 30.4 Å². The van der Waals surface area contributed by atoms with Crippen LogP contribution in [0, 0.1) is 0 Å². The van der Waals surface area contributed by atoms with Gasteiger partial charge in [-0.1, -0.05) is 0 Å². The quantitative estimate of drug-likeness (QED) is 0.319. The zero-order valence-corrected chi connectivity index (χ0v) is 12.9. The lowest BCUT2D eigenvalue weighted by Crippen LogP contribution is -2.00. The van der Waals surface area contributed by atoms with Gasteiger partial charge in [-0.2, -0.15) is 0 Å². The van der Waals surface area contributed by atoms with Gasteiger partial charge in [-0.3, -0.25) is 18.3 Å². The molecule has 0 aliphatic rings. The summed E-state index contributed by atoms with van der Waals surface area (Å²) in [4.78, 5) is 52.0. The number of hydrogen-bond donors (Lipinski definition) is 6. The Morgan fingerprint density at radius 3 is 1.53 bits per heavy atom. The average molecular weight is 362 g/mol. The predicted molar refractivity (Wildman–Crippen MR) is 64.0 cm³/mol. The molecule has 19 heavy (non-hydrogen) atoms. The highest BCUT2D eigenvalue weighted by molar-refractivity contribution is 7.74. The normalized spacial score (nSPS) is 19.7. The second-order valence-electron chi connectivity index (χ2n) is 3.63. The van der Waals surface area contributed by atoms with Crippen molar-refractivity contribution < 1.29 is 51.9 Å². The molecule has 0 fully saturated rings. The number of rotatable bonds is 8. The molecule has 0 bridgehead atoms. The van der Waals surface area contributed by atoms with E-state index in [4.69, 9.17) is 29.4 Å². The lowest BCUT2D eigenvalue weighted by Gasteiger charge is -2.17. The van der Waals surface area contributed by atoms with Crippen LogP contribution in [0.4, 0.5) is 0 Å². The Bertz CT molecular complexity index is 485. The predicted octanol–water partition coefficient (Wildman–Crippen LogP) is 0.0768. The minimum absolute atomic E-state index is 0.464. The van der Waals surface area contributed by atoms with Crippen molar-refractivity contribution in [3.05, 3.63) is 0 Å². The molecule has 0 saturated carbocycles. The molecule has 0 aromatic heterocycles. The molecule has 0 amide bonds. The molecule has 0 radical (unpaired) electrons. The zero-order valence-electron chi connectivity index (χ0n) is 9.34. The van der Waals surface area contributed by atoms with Crippen molar-refractivity contribution in [1.29, 1.82) is 0 Å². The minimum Gasteiger partial charge on any atom is -0.324 e. The third-order valence-corrected chi connectivity index (χ3v) is 8.23. The van der Waals surface area contributed by atoms with Gasteiger partial charge in [-0.05, 0) is 6.42 Å². The second kappa shape index (κ2) is 6.60. The molecule has 0 aliphatic carbocycles. The Morgan fingerprint density at radius 2 is 1.16 bits per heavy atom. The van der Waals surface area contributed by atoms with E-state index in [2.05, 4.69) is 4.31 Å². The summed E-state index contributed by atoms with van der Waals surface area (Å²) in [5.74, 6) is -1.62. The summed E-state index contributed by atoms with van der Waals surface area (Å²) < 4.78 is 47.3. The number of hydrogen-bond acceptors (Lipinski definition) is 5. The fourth-order valence-electron chi connectivity index (χ4n) is 0.975. The minimum atomic E-state index is -4.99. The van der Waals surface area contributed by atoms with E-state index in [1.807, 2.05) is 0 Å². The monoisotopic (exact) mass is 362 g/mol. The summed E-state index contributed by atoms with van der Waals surface area (Å²) >= 11 is 0. The smallest absolute Gasteiger partial charge is 0.324 e. The van der Waals surface area contributed by atoms with E-state index in [1.165, 1.54) is 0 Å². The Hall–Kier alpha value is 0.640. The van der Waals surface area contributed by atoms with Gasteiger partial charge in [0.2, 0.25) is 0 Å². The van der Waals surface area contributed by atoms with Crippen LogP contribution in [0.2, 0.25) is 0 Å². The fraction of sp³-hybridized carbons (Fsp3) is 1.00. The highest BCUT2D eigenvalue weighted by Crippen LogP contribution is 2.64. The maximum Gasteiger partial charge on any atom is 0.347 e. The lowest BCUT2D eigenvalue weighted by atomic mass is 10.6. The van der Waals surface area contributed by atoms with Crippen molar-refractivity contribution in [3.63, 3.8) is 0 Å². The van der Waals surface area contributed by atoms with Crippen molar-refractivity contribution >= 4 is 30.4 Å². The van der Waals surface area contributed by atoms with Crippen LogP contribution < -0.4 is 0 Å². The molecule has 0 saturated heterocycles. The summed E-state index contributed by atoms with van der Waals surface area (Å²) in [5, 5.41) is 0. The Labute approximate surface area is 108 Å². The SMILES string of the molecule is O=P(O)(O)CCCP(=O)(O)OP(=O)(O)CP(=O)(O)O. The van der Waals surface area contributed by atoms with Crippen LogP contribution in [-0.4, -0.2) is 47.6 Å². The van der Waals surface area contributed by atoms with E-state index in [0.29, 0.717) is 0 Å². The highest BCUT2D eigenvalue weighted by atomic mass is 31.3. The highest BCUT2D eigenvalue weighted by Gasteiger charge is 2.37. The zero-order chi connectivity index (χ0) is 15.5. The first kappa shape index (κ1) is 19.6. The Morgan fingerprint density at radius 1 is 0.684 bits per heavy atom. The maximum absolute atomic E-state index is 11.3. The van der Waals surface area contributed by atoms with Crippen LogP contribution in [0.5, 0.6) is 0 Å². The first-order valence-electron chi connectivity index (χ1n) is 4.56. The Balaban J connectivity index is 4.52. The van der Waals surface area contributed by atoms with Gasteiger partial charge in [-0.25, -0.2) is 4.31 Å². The van der Waals surface area contributed by atoms with Crippen molar-refractivity contribution in [2.45, 2.75) is 6.42 Å². The largest absolute Gasteiger partial charge is 0.347 e. The summed E-state index contributed by atoms with van der Waals surface area (Å²) in [5.41, 5.74) is 0. The van der Waals surface area contributed by atoms with Gasteiger partial charge >= 0.3 is 30.4 Å². The van der Waals surface area contributed by atoms with Gasteiger partial charge in [0.05, 0.1) is 12.3 Å². The van der Waals surface area contributed by atoms with Gasteiger partial charge < -0.3 is 29.4 Å². The van der Waals surface area contributed by atoms with Crippen LogP contribution in [0.1, 0.15) is 6.42 Å². The molecule has 11 nitrogen and oxygen atoms in total. The maximum atomic E-state index is 11.3. The van der Waals surface area contributed by atoms with E-state index >= 15 is 0 Å². The molecule has 2 atom stereocenters. The summed E-state index contributed by atoms with van der Waals surface area (Å²) in [6.45, 7) is 0. The van der Waals surface area contributed by atoms with Crippen molar-refractivity contribution in [1.82, 2.24) is 0 Å². The van der Waals surface area contributed by atoms with Gasteiger partial charge in [0, 0.05) is 0 Å². The van der Waals surface area contributed by atoms with E-state index in [-0.39, 0.29) is 0 Å². The summed E-state index contributed by atoms with van der Waals surface area (Å²) in [6, 6.07) is 0. The van der Waals surface area contributed by atoms with Crippen LogP contribution in [0.25, 0.3) is 0 Å². The molecule has 0 heterocycles. The third kappa shape index (κ3) is 12.1.